The van der Waals surface area contributed by atoms with Crippen LogP contribution in [0.25, 0.3) is 11.3 Å². The quantitative estimate of drug-likeness (QED) is 0.503. The molecule has 0 radical (unpaired) electrons. The van der Waals surface area contributed by atoms with Gasteiger partial charge in [-0.3, -0.25) is 8.97 Å². The van der Waals surface area contributed by atoms with Crippen LogP contribution in [0.3, 0.4) is 0 Å². The van der Waals surface area contributed by atoms with Crippen molar-refractivity contribution in [2.75, 3.05) is 5.75 Å². The molecular formula is C16H13ClN6OS. The predicted octanol–water partition coefficient (Wildman–Crippen LogP) is 2.52. The summed E-state index contributed by atoms with van der Waals surface area (Å²) in [7, 11) is 0. The lowest BCUT2D eigenvalue weighted by atomic mass is 10.3. The highest BCUT2D eigenvalue weighted by Gasteiger charge is 2.10. The maximum absolute atomic E-state index is 12.3. The maximum Gasteiger partial charge on any atom is 0.350 e. The second-order valence-electron chi connectivity index (χ2n) is 5.25. The van der Waals surface area contributed by atoms with Crippen LogP contribution in [-0.2, 0) is 6.54 Å². The van der Waals surface area contributed by atoms with E-state index < -0.39 is 0 Å². The number of halogens is 1. The predicted molar refractivity (Wildman–Crippen MR) is 96.5 cm³/mol. The van der Waals surface area contributed by atoms with Gasteiger partial charge in [0.05, 0.1) is 12.2 Å². The van der Waals surface area contributed by atoms with E-state index >= 15 is 0 Å². The molecule has 0 aliphatic carbocycles. The number of hydrogen-bond donors (Lipinski definition) is 0. The Labute approximate surface area is 151 Å². The number of nitrogens with zero attached hydrogens (tertiary/aromatic N) is 6. The first-order valence-corrected chi connectivity index (χ1v) is 8.92. The lowest BCUT2D eigenvalue weighted by Gasteiger charge is -2.06. The molecule has 4 rings (SSSR count). The number of thioether (sulfide) groups is 1. The van der Waals surface area contributed by atoms with Gasteiger partial charge >= 0.3 is 5.69 Å². The number of pyridine rings is 1. The Morgan fingerprint density at radius 2 is 2.08 bits per heavy atom. The van der Waals surface area contributed by atoms with Crippen molar-refractivity contribution in [2.24, 2.45) is 0 Å². The Morgan fingerprint density at radius 1 is 1.16 bits per heavy atom. The average molecular weight is 373 g/mol. The zero-order valence-electron chi connectivity index (χ0n) is 13.0. The van der Waals surface area contributed by atoms with E-state index in [0.717, 1.165) is 10.8 Å². The number of aromatic nitrogens is 6. The molecule has 1 aromatic carbocycles. The number of hydrogen-bond acceptors (Lipinski definition) is 5. The first-order chi connectivity index (χ1) is 12.2. The van der Waals surface area contributed by atoms with E-state index in [1.807, 2.05) is 41.0 Å². The highest BCUT2D eigenvalue weighted by Crippen LogP contribution is 2.21. The summed E-state index contributed by atoms with van der Waals surface area (Å²) in [4.78, 5) is 12.3. The van der Waals surface area contributed by atoms with Crippen molar-refractivity contribution in [3.63, 3.8) is 0 Å². The van der Waals surface area contributed by atoms with E-state index in [2.05, 4.69) is 15.3 Å². The Morgan fingerprint density at radius 3 is 2.92 bits per heavy atom. The van der Waals surface area contributed by atoms with Crippen LogP contribution in [0.4, 0.5) is 0 Å². The second-order valence-corrected chi connectivity index (χ2v) is 6.74. The molecule has 0 fully saturated rings. The summed E-state index contributed by atoms with van der Waals surface area (Å²) in [6.07, 6.45) is 3.36. The van der Waals surface area contributed by atoms with Gasteiger partial charge in [-0.2, -0.15) is 0 Å². The average Bonchev–Trinajstić information content (AvgIpc) is 3.21. The van der Waals surface area contributed by atoms with Crippen LogP contribution in [0.2, 0.25) is 5.02 Å². The minimum absolute atomic E-state index is 0.146. The van der Waals surface area contributed by atoms with Crippen LogP contribution in [0, 0.1) is 0 Å². The molecule has 0 amide bonds. The molecule has 9 heteroatoms. The molecule has 0 bridgehead atoms. The third-order valence-corrected chi connectivity index (χ3v) is 4.78. The third kappa shape index (κ3) is 3.18. The Kier molecular flexibility index (Phi) is 4.29. The summed E-state index contributed by atoms with van der Waals surface area (Å²) < 4.78 is 4.85. The molecule has 0 atom stereocenters. The number of aryl methyl sites for hydroxylation is 1. The molecule has 3 heterocycles. The zero-order valence-corrected chi connectivity index (χ0v) is 14.6. The van der Waals surface area contributed by atoms with Gasteiger partial charge in [0, 0.05) is 17.0 Å². The summed E-state index contributed by atoms with van der Waals surface area (Å²) in [6, 6.07) is 13.0. The molecule has 0 aliphatic heterocycles. The van der Waals surface area contributed by atoms with Gasteiger partial charge < -0.3 is 0 Å². The SMILES string of the molecule is O=c1n(CCSc2nncn2-c2cccc(Cl)c2)nc2ccccn12. The standard InChI is InChI=1S/C16H13ClN6OS/c17-12-4-3-5-13(10-12)22-11-18-19-15(22)25-9-8-23-16(24)21-7-2-1-6-14(21)20-23/h1-7,10-11H,8-9H2. The fraction of sp³-hybridized carbons (Fsp3) is 0.125. The topological polar surface area (TPSA) is 70.0 Å². The smallest absolute Gasteiger partial charge is 0.277 e. The molecule has 0 saturated heterocycles. The molecule has 0 N–H and O–H groups in total. The first kappa shape index (κ1) is 15.9. The van der Waals surface area contributed by atoms with Crippen LogP contribution in [0.15, 0.2) is 64.9 Å². The van der Waals surface area contributed by atoms with Crippen molar-refractivity contribution in [1.29, 1.82) is 0 Å². The molecule has 4 aromatic rings. The molecule has 25 heavy (non-hydrogen) atoms. The molecule has 0 spiro atoms. The Bertz CT molecular complexity index is 1090. The van der Waals surface area contributed by atoms with Crippen molar-refractivity contribution >= 4 is 29.0 Å². The summed E-state index contributed by atoms with van der Waals surface area (Å²) in [5.41, 5.74) is 1.39. The maximum atomic E-state index is 12.3. The highest BCUT2D eigenvalue weighted by atomic mass is 35.5. The monoisotopic (exact) mass is 372 g/mol. The van der Waals surface area contributed by atoms with Crippen molar-refractivity contribution < 1.29 is 0 Å². The van der Waals surface area contributed by atoms with E-state index in [4.69, 9.17) is 11.6 Å². The first-order valence-electron chi connectivity index (χ1n) is 7.55. The minimum atomic E-state index is -0.146. The van der Waals surface area contributed by atoms with Crippen LogP contribution in [-0.4, -0.2) is 34.7 Å². The normalized spacial score (nSPS) is 11.2. The van der Waals surface area contributed by atoms with Gasteiger partial charge in [-0.25, -0.2) is 9.48 Å². The molecule has 3 aromatic heterocycles. The Hall–Kier alpha value is -2.58. The van der Waals surface area contributed by atoms with Gasteiger partial charge in [0.1, 0.15) is 6.33 Å². The zero-order chi connectivity index (χ0) is 17.2. The fourth-order valence-corrected chi connectivity index (χ4v) is 3.49. The third-order valence-electron chi connectivity index (χ3n) is 3.63. The van der Waals surface area contributed by atoms with Gasteiger partial charge in [-0.15, -0.1) is 15.3 Å². The van der Waals surface area contributed by atoms with Gasteiger partial charge in [0.15, 0.2) is 10.8 Å². The highest BCUT2D eigenvalue weighted by molar-refractivity contribution is 7.99. The van der Waals surface area contributed by atoms with Gasteiger partial charge in [0.25, 0.3) is 0 Å². The molecule has 7 nitrogen and oxygen atoms in total. The summed E-state index contributed by atoms with van der Waals surface area (Å²) in [5.74, 6) is 0.642. The summed E-state index contributed by atoms with van der Waals surface area (Å²) >= 11 is 7.55. The number of fused-ring (bicyclic) bond motifs is 1. The van der Waals surface area contributed by atoms with E-state index in [0.29, 0.717) is 23.0 Å². The van der Waals surface area contributed by atoms with E-state index in [-0.39, 0.29) is 5.69 Å². The lowest BCUT2D eigenvalue weighted by Crippen LogP contribution is -2.22. The van der Waals surface area contributed by atoms with Gasteiger partial charge in [0.2, 0.25) is 0 Å². The van der Waals surface area contributed by atoms with Gasteiger partial charge in [-0.1, -0.05) is 35.5 Å². The van der Waals surface area contributed by atoms with Crippen molar-refractivity contribution in [2.45, 2.75) is 11.7 Å². The van der Waals surface area contributed by atoms with Crippen molar-refractivity contribution in [3.05, 3.63) is 70.5 Å². The summed E-state index contributed by atoms with van der Waals surface area (Å²) in [5, 5.41) is 13.8. The van der Waals surface area contributed by atoms with Crippen LogP contribution >= 0.6 is 23.4 Å². The lowest BCUT2D eigenvalue weighted by molar-refractivity contribution is 0.639. The minimum Gasteiger partial charge on any atom is -0.277 e. The number of rotatable bonds is 5. The fourth-order valence-electron chi connectivity index (χ4n) is 2.46. The van der Waals surface area contributed by atoms with E-state index in [9.17, 15) is 4.79 Å². The van der Waals surface area contributed by atoms with Crippen LogP contribution in [0.1, 0.15) is 0 Å². The van der Waals surface area contributed by atoms with Crippen LogP contribution < -0.4 is 5.69 Å². The van der Waals surface area contributed by atoms with Gasteiger partial charge in [-0.05, 0) is 30.3 Å². The number of benzene rings is 1. The van der Waals surface area contributed by atoms with E-state index in [1.54, 1.807) is 18.6 Å². The molecule has 0 saturated carbocycles. The van der Waals surface area contributed by atoms with E-state index in [1.165, 1.54) is 20.8 Å². The molecule has 0 aliphatic rings. The van der Waals surface area contributed by atoms with Crippen LogP contribution in [0.5, 0.6) is 0 Å². The largest absolute Gasteiger partial charge is 0.350 e. The Balaban J connectivity index is 1.50. The second kappa shape index (κ2) is 6.73. The van der Waals surface area contributed by atoms with Crippen molar-refractivity contribution in [3.8, 4) is 5.69 Å². The summed E-state index contributed by atoms with van der Waals surface area (Å²) in [6.45, 7) is 0.480. The van der Waals surface area contributed by atoms with Crippen molar-refractivity contribution in [1.82, 2.24) is 28.9 Å². The molecular weight excluding hydrogens is 360 g/mol. The molecule has 0 unspecified atom stereocenters. The molecule has 126 valence electrons.